The lowest BCUT2D eigenvalue weighted by Gasteiger charge is -2.26. The third-order valence-corrected chi connectivity index (χ3v) is 7.34. The van der Waals surface area contributed by atoms with Gasteiger partial charge in [0.05, 0.1) is 29.3 Å². The molecule has 5 aromatic rings. The fourth-order valence-electron chi connectivity index (χ4n) is 5.05. The number of piperidine rings is 1. The fraction of sp³-hybridized carbons (Fsp3) is 0.321. The molecule has 1 aliphatic rings. The van der Waals surface area contributed by atoms with Crippen LogP contribution in [-0.4, -0.2) is 66.6 Å². The Labute approximate surface area is 230 Å². The molecule has 5 heterocycles. The van der Waals surface area contributed by atoms with Crippen LogP contribution in [0.15, 0.2) is 64.0 Å². The number of aliphatic hydroxyl groups excluding tert-OH is 1. The van der Waals surface area contributed by atoms with Crippen LogP contribution in [0.25, 0.3) is 22.5 Å². The van der Waals surface area contributed by atoms with E-state index >= 15 is 0 Å². The first-order valence-corrected chi connectivity index (χ1v) is 13.3. The van der Waals surface area contributed by atoms with Gasteiger partial charge in [0.2, 0.25) is 0 Å². The Kier molecular flexibility index (Phi) is 7.01. The van der Waals surface area contributed by atoms with Gasteiger partial charge in [0, 0.05) is 25.2 Å². The second-order valence-corrected chi connectivity index (χ2v) is 10.1. The summed E-state index contributed by atoms with van der Waals surface area (Å²) < 4.78 is 7.31. The molecule has 4 aromatic heterocycles. The second kappa shape index (κ2) is 10.9. The van der Waals surface area contributed by atoms with E-state index in [1.807, 2.05) is 36.4 Å². The molecule has 4 N–H and O–H groups in total. The molecule has 1 fully saturated rings. The summed E-state index contributed by atoms with van der Waals surface area (Å²) in [6.07, 6.45) is 3.62. The summed E-state index contributed by atoms with van der Waals surface area (Å²) >= 11 is 0. The molecule has 40 heavy (non-hydrogen) atoms. The van der Waals surface area contributed by atoms with Crippen LogP contribution in [0.5, 0.6) is 0 Å². The van der Waals surface area contributed by atoms with Crippen molar-refractivity contribution in [3.63, 3.8) is 0 Å². The molecule has 0 bridgehead atoms. The highest BCUT2D eigenvalue weighted by Gasteiger charge is 2.25. The maximum atomic E-state index is 12.1. The number of aromatic nitrogens is 6. The number of anilines is 3. The first kappa shape index (κ1) is 25.7. The third kappa shape index (κ3) is 5.18. The zero-order chi connectivity index (χ0) is 27.6. The van der Waals surface area contributed by atoms with Crippen molar-refractivity contribution in [2.45, 2.75) is 24.8 Å². The van der Waals surface area contributed by atoms with E-state index in [2.05, 4.69) is 42.8 Å². The van der Waals surface area contributed by atoms with Gasteiger partial charge in [-0.1, -0.05) is 35.5 Å². The van der Waals surface area contributed by atoms with E-state index in [0.717, 1.165) is 31.5 Å². The van der Waals surface area contributed by atoms with Crippen LogP contribution >= 0.6 is 0 Å². The lowest BCUT2D eigenvalue weighted by Crippen LogP contribution is -2.29. The number of H-pyrrole nitrogens is 1. The van der Waals surface area contributed by atoms with Gasteiger partial charge in [-0.25, -0.2) is 9.97 Å². The van der Waals surface area contributed by atoms with Crippen molar-refractivity contribution in [1.82, 2.24) is 34.8 Å². The van der Waals surface area contributed by atoms with Crippen LogP contribution in [-0.2, 0) is 7.05 Å². The summed E-state index contributed by atoms with van der Waals surface area (Å²) in [5.74, 6) is 2.35. The highest BCUT2D eigenvalue weighted by molar-refractivity contribution is 5.78. The van der Waals surface area contributed by atoms with Crippen molar-refractivity contribution in [3.8, 4) is 11.5 Å². The summed E-state index contributed by atoms with van der Waals surface area (Å²) in [6, 6.07) is 14.6. The van der Waals surface area contributed by atoms with Crippen molar-refractivity contribution >= 4 is 28.4 Å². The average molecular weight is 542 g/mol. The number of aromatic amines is 1. The minimum Gasteiger partial charge on any atom is -0.394 e. The maximum Gasteiger partial charge on any atom is 0.273 e. The van der Waals surface area contributed by atoms with Crippen LogP contribution in [0, 0.1) is 0 Å². The Bertz CT molecular complexity index is 1670. The number of hydrogen-bond donors (Lipinski definition) is 4. The van der Waals surface area contributed by atoms with Gasteiger partial charge in [0.1, 0.15) is 11.6 Å². The monoisotopic (exact) mass is 541 g/mol. The van der Waals surface area contributed by atoms with E-state index in [1.165, 1.54) is 0 Å². The largest absolute Gasteiger partial charge is 0.394 e. The standard InChI is InChI=1S/C28H31N9O3/c1-36-12-10-18(11-13-36)25-33-28(40-35-25)20-15-29-24(14-21(20)30-22(16-38)17-6-4-3-5-7-17)31-23-9-8-19-26(32-23)37(2)34-27(19)39/h3-9,14-15,18,22,38H,10-13,16H2,1-2H3,(H,34,39)(H2,29,30,31,32)/t22-/m1/s1. The van der Waals surface area contributed by atoms with Gasteiger partial charge in [0.15, 0.2) is 11.5 Å². The van der Waals surface area contributed by atoms with E-state index in [4.69, 9.17) is 9.51 Å². The summed E-state index contributed by atoms with van der Waals surface area (Å²) in [4.78, 5) is 28.3. The Balaban J connectivity index is 1.34. The summed E-state index contributed by atoms with van der Waals surface area (Å²) in [5.41, 5.74) is 2.56. The number of rotatable bonds is 8. The molecule has 1 aliphatic heterocycles. The van der Waals surface area contributed by atoms with Gasteiger partial charge in [-0.05, 0) is 50.7 Å². The summed E-state index contributed by atoms with van der Waals surface area (Å²) in [5, 5.41) is 24.4. The third-order valence-electron chi connectivity index (χ3n) is 7.34. The number of nitrogens with one attached hydrogen (secondary N) is 3. The molecule has 1 aromatic carbocycles. The SMILES string of the molecule is CN1CCC(c2noc(-c3cnc(Nc4ccc5c(=O)[nH]n(C)c5n4)cc3N[C@H](CO)c3ccccc3)n2)CC1. The molecule has 12 heteroatoms. The first-order valence-electron chi connectivity index (χ1n) is 13.3. The summed E-state index contributed by atoms with van der Waals surface area (Å²) in [7, 11) is 3.85. The van der Waals surface area contributed by atoms with Crippen molar-refractivity contribution < 1.29 is 9.63 Å². The minimum absolute atomic E-state index is 0.126. The van der Waals surface area contributed by atoms with Gasteiger partial charge >= 0.3 is 0 Å². The van der Waals surface area contributed by atoms with Crippen molar-refractivity contribution in [1.29, 1.82) is 0 Å². The van der Waals surface area contributed by atoms with Gasteiger partial charge in [-0.15, -0.1) is 0 Å². The van der Waals surface area contributed by atoms with Crippen molar-refractivity contribution in [2.75, 3.05) is 37.4 Å². The number of nitrogens with zero attached hydrogens (tertiary/aromatic N) is 6. The van der Waals surface area contributed by atoms with Crippen LogP contribution in [0.3, 0.4) is 0 Å². The quantitative estimate of drug-likeness (QED) is 0.230. The molecule has 0 saturated carbocycles. The lowest BCUT2D eigenvalue weighted by molar-refractivity contribution is 0.248. The topological polar surface area (TPSA) is 150 Å². The average Bonchev–Trinajstić information content (AvgIpc) is 3.57. The van der Waals surface area contributed by atoms with Crippen molar-refractivity contribution in [3.05, 3.63) is 76.5 Å². The zero-order valence-corrected chi connectivity index (χ0v) is 22.3. The Morgan fingerprint density at radius 3 is 2.67 bits per heavy atom. The normalized spacial score (nSPS) is 15.4. The van der Waals surface area contributed by atoms with Crippen molar-refractivity contribution in [2.24, 2.45) is 7.05 Å². The Hall–Kier alpha value is -4.55. The molecule has 12 nitrogen and oxygen atoms in total. The fourth-order valence-corrected chi connectivity index (χ4v) is 5.05. The molecular weight excluding hydrogens is 510 g/mol. The van der Waals surface area contributed by atoms with Gasteiger partial charge in [0.25, 0.3) is 11.4 Å². The van der Waals surface area contributed by atoms with E-state index in [0.29, 0.717) is 45.6 Å². The van der Waals surface area contributed by atoms with Gasteiger partial charge in [-0.2, -0.15) is 4.98 Å². The number of likely N-dealkylation sites (tertiary alicyclic amines) is 1. The highest BCUT2D eigenvalue weighted by Crippen LogP contribution is 2.34. The molecule has 0 amide bonds. The molecule has 0 aliphatic carbocycles. The smallest absolute Gasteiger partial charge is 0.273 e. The zero-order valence-electron chi connectivity index (χ0n) is 22.3. The van der Waals surface area contributed by atoms with Crippen LogP contribution < -0.4 is 16.2 Å². The maximum absolute atomic E-state index is 12.1. The van der Waals surface area contributed by atoms with Crippen LogP contribution in [0.2, 0.25) is 0 Å². The number of hydrogen-bond acceptors (Lipinski definition) is 10. The van der Waals surface area contributed by atoms with E-state index in [9.17, 15) is 9.90 Å². The van der Waals surface area contributed by atoms with Crippen LogP contribution in [0.4, 0.5) is 17.3 Å². The predicted octanol–water partition coefficient (Wildman–Crippen LogP) is 3.40. The Morgan fingerprint density at radius 2 is 1.90 bits per heavy atom. The molecule has 0 unspecified atom stereocenters. The van der Waals surface area contributed by atoms with E-state index in [-0.39, 0.29) is 24.1 Å². The molecular formula is C28H31N9O3. The number of fused-ring (bicyclic) bond motifs is 1. The second-order valence-electron chi connectivity index (χ2n) is 10.1. The number of aryl methyl sites for hydroxylation is 1. The number of benzene rings is 1. The molecule has 0 radical (unpaired) electrons. The highest BCUT2D eigenvalue weighted by atomic mass is 16.5. The molecule has 1 saturated heterocycles. The predicted molar refractivity (Wildman–Crippen MR) is 152 cm³/mol. The molecule has 6 rings (SSSR count). The molecule has 206 valence electrons. The van der Waals surface area contributed by atoms with Gasteiger partial charge in [-0.3, -0.25) is 14.6 Å². The Morgan fingerprint density at radius 1 is 1.10 bits per heavy atom. The minimum atomic E-state index is -0.379. The molecule has 0 spiro atoms. The summed E-state index contributed by atoms with van der Waals surface area (Å²) in [6.45, 7) is 1.86. The number of aliphatic hydroxyl groups is 1. The van der Waals surface area contributed by atoms with Crippen LogP contribution in [0.1, 0.15) is 36.2 Å². The number of pyridine rings is 2. The van der Waals surface area contributed by atoms with E-state index in [1.54, 1.807) is 30.1 Å². The van der Waals surface area contributed by atoms with E-state index < -0.39 is 0 Å². The molecule has 1 atom stereocenters. The first-order chi connectivity index (χ1) is 19.5. The lowest BCUT2D eigenvalue weighted by atomic mass is 9.96. The van der Waals surface area contributed by atoms with Gasteiger partial charge < -0.3 is 25.2 Å².